The van der Waals surface area contributed by atoms with E-state index in [0.717, 1.165) is 30.7 Å². The molecular formula is C14H17F3N4S. The quantitative estimate of drug-likeness (QED) is 0.937. The molecule has 0 aromatic carbocycles. The summed E-state index contributed by atoms with van der Waals surface area (Å²) in [6.45, 7) is 4.10. The number of fused-ring (bicyclic) bond motifs is 1. The first-order valence-corrected chi connectivity index (χ1v) is 7.99. The molecule has 0 amide bonds. The van der Waals surface area contributed by atoms with E-state index in [2.05, 4.69) is 15.3 Å². The van der Waals surface area contributed by atoms with Crippen molar-refractivity contribution in [3.8, 4) is 0 Å². The van der Waals surface area contributed by atoms with Gasteiger partial charge in [-0.3, -0.25) is 0 Å². The van der Waals surface area contributed by atoms with Crippen molar-refractivity contribution in [1.29, 1.82) is 0 Å². The van der Waals surface area contributed by atoms with E-state index in [4.69, 9.17) is 0 Å². The minimum atomic E-state index is -4.36. The Morgan fingerprint density at radius 1 is 1.45 bits per heavy atom. The zero-order chi connectivity index (χ0) is 15.7. The lowest BCUT2D eigenvalue weighted by Gasteiger charge is -2.23. The summed E-state index contributed by atoms with van der Waals surface area (Å²) in [5, 5.41) is 4.41. The van der Waals surface area contributed by atoms with Crippen LogP contribution in [0.15, 0.2) is 12.4 Å². The molecule has 0 bridgehead atoms. The van der Waals surface area contributed by atoms with Crippen LogP contribution in [0.2, 0.25) is 0 Å². The third kappa shape index (κ3) is 3.49. The van der Waals surface area contributed by atoms with E-state index in [0.29, 0.717) is 24.7 Å². The summed E-state index contributed by atoms with van der Waals surface area (Å²) in [5.41, 5.74) is -0.781. The van der Waals surface area contributed by atoms with Crippen molar-refractivity contribution < 1.29 is 13.2 Å². The molecule has 1 N–H and O–H groups in total. The first-order chi connectivity index (χ1) is 10.4. The van der Waals surface area contributed by atoms with Gasteiger partial charge in [0.05, 0.1) is 5.01 Å². The second-order valence-electron chi connectivity index (χ2n) is 5.57. The number of imidazole rings is 1. The van der Waals surface area contributed by atoms with E-state index in [9.17, 15) is 13.2 Å². The third-order valence-corrected chi connectivity index (χ3v) is 4.69. The van der Waals surface area contributed by atoms with Crippen LogP contribution in [-0.2, 0) is 25.7 Å². The highest BCUT2D eigenvalue weighted by Gasteiger charge is 2.35. The lowest BCUT2D eigenvalue weighted by atomic mass is 9.99. The lowest BCUT2D eigenvalue weighted by molar-refractivity contribution is -0.141. The van der Waals surface area contributed by atoms with Crippen LogP contribution in [-0.4, -0.2) is 21.1 Å². The number of halogens is 3. The standard InChI is InChI=1S/C14H17F3N4S/c1-9-19-6-11(22-9)5-18-4-10-2-3-13-20-12(14(15,16)17)8-21(13)7-10/h6,8,10,18H,2-5,7H2,1H3. The van der Waals surface area contributed by atoms with Crippen LogP contribution in [0.3, 0.4) is 0 Å². The first-order valence-electron chi connectivity index (χ1n) is 7.17. The SMILES string of the molecule is Cc1ncc(CNCC2CCc3nc(C(F)(F)F)cn3C2)s1. The van der Waals surface area contributed by atoms with Crippen molar-refractivity contribution in [2.75, 3.05) is 6.54 Å². The second kappa shape index (κ2) is 6.00. The van der Waals surface area contributed by atoms with Gasteiger partial charge in [0.2, 0.25) is 0 Å². The molecule has 1 aliphatic rings. The van der Waals surface area contributed by atoms with Crippen molar-refractivity contribution in [1.82, 2.24) is 19.9 Å². The smallest absolute Gasteiger partial charge is 0.334 e. The van der Waals surface area contributed by atoms with Gasteiger partial charge in [0.25, 0.3) is 0 Å². The summed E-state index contributed by atoms with van der Waals surface area (Å²) in [4.78, 5) is 9.07. The zero-order valence-electron chi connectivity index (χ0n) is 12.2. The summed E-state index contributed by atoms with van der Waals surface area (Å²) in [5.74, 6) is 0.874. The molecule has 22 heavy (non-hydrogen) atoms. The lowest BCUT2D eigenvalue weighted by Crippen LogP contribution is -2.29. The zero-order valence-corrected chi connectivity index (χ0v) is 13.0. The molecule has 0 fully saturated rings. The summed E-state index contributed by atoms with van der Waals surface area (Å²) in [6, 6.07) is 0. The molecule has 4 nitrogen and oxygen atoms in total. The molecule has 0 saturated carbocycles. The maximum atomic E-state index is 12.7. The molecule has 2 aromatic rings. The van der Waals surface area contributed by atoms with Crippen molar-refractivity contribution in [2.24, 2.45) is 5.92 Å². The topological polar surface area (TPSA) is 42.7 Å². The van der Waals surface area contributed by atoms with Gasteiger partial charge in [0.15, 0.2) is 5.69 Å². The van der Waals surface area contributed by atoms with Gasteiger partial charge >= 0.3 is 6.18 Å². The van der Waals surface area contributed by atoms with E-state index >= 15 is 0 Å². The number of hydrogen-bond donors (Lipinski definition) is 1. The van der Waals surface area contributed by atoms with Crippen LogP contribution in [0.4, 0.5) is 13.2 Å². The van der Waals surface area contributed by atoms with E-state index in [-0.39, 0.29) is 0 Å². The fraction of sp³-hybridized carbons (Fsp3) is 0.571. The Hall–Kier alpha value is -1.41. The van der Waals surface area contributed by atoms with Crippen molar-refractivity contribution >= 4 is 11.3 Å². The number of aromatic nitrogens is 3. The molecule has 0 saturated heterocycles. The molecule has 0 spiro atoms. The number of thiazole rings is 1. The van der Waals surface area contributed by atoms with Gasteiger partial charge in [0.1, 0.15) is 5.82 Å². The highest BCUT2D eigenvalue weighted by atomic mass is 32.1. The van der Waals surface area contributed by atoms with Crippen LogP contribution in [0.1, 0.15) is 27.8 Å². The number of rotatable bonds is 4. The maximum Gasteiger partial charge on any atom is 0.434 e. The summed E-state index contributed by atoms with van der Waals surface area (Å²) < 4.78 is 39.7. The summed E-state index contributed by atoms with van der Waals surface area (Å²) >= 11 is 1.66. The number of hydrogen-bond acceptors (Lipinski definition) is 4. The number of nitrogens with zero attached hydrogens (tertiary/aromatic N) is 3. The molecule has 0 radical (unpaired) electrons. The van der Waals surface area contributed by atoms with Gasteiger partial charge in [-0.1, -0.05) is 0 Å². The number of nitrogens with one attached hydrogen (secondary N) is 1. The second-order valence-corrected chi connectivity index (χ2v) is 6.89. The van der Waals surface area contributed by atoms with Crippen molar-refractivity contribution in [3.05, 3.63) is 33.8 Å². The molecule has 1 unspecified atom stereocenters. The van der Waals surface area contributed by atoms with Gasteiger partial charge < -0.3 is 9.88 Å². The highest BCUT2D eigenvalue weighted by molar-refractivity contribution is 7.11. The van der Waals surface area contributed by atoms with Gasteiger partial charge in [-0.2, -0.15) is 13.2 Å². The molecule has 0 aliphatic carbocycles. The minimum Gasteiger partial charge on any atom is -0.334 e. The summed E-state index contributed by atoms with van der Waals surface area (Å²) in [7, 11) is 0. The van der Waals surface area contributed by atoms with Gasteiger partial charge in [-0.05, 0) is 19.3 Å². The molecule has 3 rings (SSSR count). The fourth-order valence-electron chi connectivity index (χ4n) is 2.70. The van der Waals surface area contributed by atoms with Crippen LogP contribution in [0.25, 0.3) is 0 Å². The van der Waals surface area contributed by atoms with Crippen LogP contribution in [0.5, 0.6) is 0 Å². The molecule has 1 aliphatic heterocycles. The van der Waals surface area contributed by atoms with Crippen LogP contribution >= 0.6 is 11.3 Å². The molecule has 3 heterocycles. The number of aryl methyl sites for hydroxylation is 2. The predicted molar refractivity (Wildman–Crippen MR) is 77.6 cm³/mol. The third-order valence-electron chi connectivity index (χ3n) is 3.78. The van der Waals surface area contributed by atoms with E-state index < -0.39 is 11.9 Å². The molecule has 120 valence electrons. The van der Waals surface area contributed by atoms with E-state index in [1.54, 1.807) is 15.9 Å². The molecule has 2 aromatic heterocycles. The Balaban J connectivity index is 1.54. The Bertz CT molecular complexity index is 647. The highest BCUT2D eigenvalue weighted by Crippen LogP contribution is 2.30. The fourth-order valence-corrected chi connectivity index (χ4v) is 3.47. The maximum absolute atomic E-state index is 12.7. The van der Waals surface area contributed by atoms with Crippen LogP contribution < -0.4 is 5.32 Å². The molecule has 1 atom stereocenters. The monoisotopic (exact) mass is 330 g/mol. The van der Waals surface area contributed by atoms with Gasteiger partial charge in [-0.15, -0.1) is 11.3 Å². The van der Waals surface area contributed by atoms with Crippen molar-refractivity contribution in [3.63, 3.8) is 0 Å². The van der Waals surface area contributed by atoms with Crippen molar-refractivity contribution in [2.45, 2.75) is 39.0 Å². The minimum absolute atomic E-state index is 0.330. The normalized spacial score (nSPS) is 18.5. The first kappa shape index (κ1) is 15.5. The number of alkyl halides is 3. The van der Waals surface area contributed by atoms with Gasteiger partial charge in [-0.25, -0.2) is 9.97 Å². The van der Waals surface area contributed by atoms with Gasteiger partial charge in [0, 0.05) is 43.3 Å². The van der Waals surface area contributed by atoms with E-state index in [1.807, 2.05) is 13.1 Å². The average molecular weight is 330 g/mol. The Morgan fingerprint density at radius 2 is 2.27 bits per heavy atom. The summed E-state index contributed by atoms with van der Waals surface area (Å²) in [6.07, 6.45) is 0.0960. The predicted octanol–water partition coefficient (Wildman–Crippen LogP) is 3.02. The molecule has 8 heteroatoms. The molecular weight excluding hydrogens is 313 g/mol. The van der Waals surface area contributed by atoms with Crippen LogP contribution in [0, 0.1) is 12.8 Å². The van der Waals surface area contributed by atoms with E-state index in [1.165, 1.54) is 4.88 Å². The Labute approximate surface area is 130 Å². The largest absolute Gasteiger partial charge is 0.434 e. The Kier molecular flexibility index (Phi) is 4.22. The average Bonchev–Trinajstić information content (AvgIpc) is 3.04. The Morgan fingerprint density at radius 3 is 2.95 bits per heavy atom.